The molecule has 4 nitrogen and oxygen atoms in total. The van der Waals surface area contributed by atoms with Gasteiger partial charge in [0, 0.05) is 29.8 Å². The van der Waals surface area contributed by atoms with E-state index in [1.165, 1.54) is 5.56 Å². The van der Waals surface area contributed by atoms with Gasteiger partial charge in [-0.2, -0.15) is 5.10 Å². The molecule has 0 saturated carbocycles. The first kappa shape index (κ1) is 10.7. The van der Waals surface area contributed by atoms with Crippen LogP contribution in [0.5, 0.6) is 0 Å². The second-order valence-corrected chi connectivity index (χ2v) is 5.13. The van der Waals surface area contributed by atoms with Crippen LogP contribution < -0.4 is 10.6 Å². The van der Waals surface area contributed by atoms with Crippen molar-refractivity contribution >= 4 is 27.3 Å². The van der Waals surface area contributed by atoms with E-state index < -0.39 is 0 Å². The number of anilines is 2. The zero-order valence-electron chi connectivity index (χ0n) is 9.44. The molecule has 3 rings (SSSR count). The lowest BCUT2D eigenvalue weighted by atomic mass is 10.1. The van der Waals surface area contributed by atoms with Crippen LogP contribution in [0.2, 0.25) is 0 Å². The maximum Gasteiger partial charge on any atom is 0.0717 e. The molecule has 0 fully saturated rings. The van der Waals surface area contributed by atoms with Crippen molar-refractivity contribution in [3.8, 4) is 0 Å². The molecule has 1 aliphatic heterocycles. The van der Waals surface area contributed by atoms with Gasteiger partial charge >= 0.3 is 0 Å². The standard InChI is InChI=1S/C12H13BrN4/c1-17-7-8(5-15-17)12-6-14-11-4-9(13)2-3-10(11)16-12/h2-5,7,12,14,16H,6H2,1H3. The van der Waals surface area contributed by atoms with Gasteiger partial charge in [0.15, 0.2) is 0 Å². The molecule has 5 heteroatoms. The van der Waals surface area contributed by atoms with Gasteiger partial charge in [-0.25, -0.2) is 0 Å². The summed E-state index contributed by atoms with van der Waals surface area (Å²) in [6.45, 7) is 0.870. The number of aryl methyl sites for hydroxylation is 1. The van der Waals surface area contributed by atoms with Crippen molar-refractivity contribution in [2.45, 2.75) is 6.04 Å². The Kier molecular flexibility index (Phi) is 2.55. The van der Waals surface area contributed by atoms with Crippen molar-refractivity contribution < 1.29 is 0 Å². The lowest BCUT2D eigenvalue weighted by molar-refractivity contribution is 0.761. The van der Waals surface area contributed by atoms with Crippen LogP contribution in [-0.4, -0.2) is 16.3 Å². The van der Waals surface area contributed by atoms with E-state index in [0.717, 1.165) is 22.4 Å². The summed E-state index contributed by atoms with van der Waals surface area (Å²) in [7, 11) is 1.94. The zero-order valence-corrected chi connectivity index (χ0v) is 11.0. The molecule has 88 valence electrons. The molecule has 0 aliphatic carbocycles. The molecule has 1 unspecified atom stereocenters. The number of hydrogen-bond acceptors (Lipinski definition) is 3. The molecule has 17 heavy (non-hydrogen) atoms. The first-order valence-corrected chi connectivity index (χ1v) is 6.30. The van der Waals surface area contributed by atoms with Gasteiger partial charge in [-0.3, -0.25) is 4.68 Å². The van der Waals surface area contributed by atoms with Gasteiger partial charge in [-0.15, -0.1) is 0 Å². The fourth-order valence-electron chi connectivity index (χ4n) is 2.06. The minimum atomic E-state index is 0.275. The number of nitrogens with zero attached hydrogens (tertiary/aromatic N) is 2. The van der Waals surface area contributed by atoms with E-state index in [1.807, 2.05) is 30.2 Å². The molecule has 1 aromatic heterocycles. The Morgan fingerprint density at radius 3 is 3.06 bits per heavy atom. The lowest BCUT2D eigenvalue weighted by Crippen LogP contribution is -2.25. The van der Waals surface area contributed by atoms with Gasteiger partial charge in [-0.05, 0) is 18.2 Å². The van der Waals surface area contributed by atoms with E-state index >= 15 is 0 Å². The van der Waals surface area contributed by atoms with Gasteiger partial charge in [0.2, 0.25) is 0 Å². The maximum atomic E-state index is 4.20. The normalized spacial score (nSPS) is 18.1. The third-order valence-electron chi connectivity index (χ3n) is 2.94. The summed E-state index contributed by atoms with van der Waals surface area (Å²) in [6, 6.07) is 6.48. The molecule has 1 aliphatic rings. The number of hydrogen-bond donors (Lipinski definition) is 2. The average molecular weight is 293 g/mol. The second kappa shape index (κ2) is 4.07. The molecule has 2 heterocycles. The summed E-state index contributed by atoms with van der Waals surface area (Å²) in [5, 5.41) is 11.2. The van der Waals surface area contributed by atoms with Crippen LogP contribution >= 0.6 is 15.9 Å². The Balaban J connectivity index is 1.88. The van der Waals surface area contributed by atoms with Crippen LogP contribution in [0.25, 0.3) is 0 Å². The van der Waals surface area contributed by atoms with Crippen molar-refractivity contribution in [1.82, 2.24) is 9.78 Å². The van der Waals surface area contributed by atoms with Crippen LogP contribution in [0, 0.1) is 0 Å². The van der Waals surface area contributed by atoms with Gasteiger partial charge in [0.05, 0.1) is 23.6 Å². The highest BCUT2D eigenvalue weighted by molar-refractivity contribution is 9.10. The molecular formula is C12H13BrN4. The Bertz CT molecular complexity index is 549. The predicted molar refractivity (Wildman–Crippen MR) is 72.2 cm³/mol. The van der Waals surface area contributed by atoms with Crippen LogP contribution in [-0.2, 0) is 7.05 Å². The second-order valence-electron chi connectivity index (χ2n) is 4.22. The Labute approximate surface area is 108 Å². The van der Waals surface area contributed by atoms with E-state index in [-0.39, 0.29) is 6.04 Å². The molecule has 0 radical (unpaired) electrons. The fraction of sp³-hybridized carbons (Fsp3) is 0.250. The summed E-state index contributed by atoms with van der Waals surface area (Å²) in [5.74, 6) is 0. The highest BCUT2D eigenvalue weighted by atomic mass is 79.9. The van der Waals surface area contributed by atoms with Crippen LogP contribution in [0.3, 0.4) is 0 Å². The predicted octanol–water partition coefficient (Wildman–Crippen LogP) is 2.76. The smallest absolute Gasteiger partial charge is 0.0717 e. The quantitative estimate of drug-likeness (QED) is 0.849. The van der Waals surface area contributed by atoms with Crippen molar-refractivity contribution in [2.24, 2.45) is 7.05 Å². The third kappa shape index (κ3) is 2.02. The fourth-order valence-corrected chi connectivity index (χ4v) is 2.42. The highest BCUT2D eigenvalue weighted by Gasteiger charge is 2.19. The van der Waals surface area contributed by atoms with Crippen molar-refractivity contribution in [2.75, 3.05) is 17.2 Å². The van der Waals surface area contributed by atoms with Crippen molar-refractivity contribution in [3.63, 3.8) is 0 Å². The molecule has 0 bridgehead atoms. The van der Waals surface area contributed by atoms with Crippen LogP contribution in [0.4, 0.5) is 11.4 Å². The molecule has 1 atom stereocenters. The highest BCUT2D eigenvalue weighted by Crippen LogP contribution is 2.33. The SMILES string of the molecule is Cn1cc(C2CNc3cc(Br)ccc3N2)cn1. The molecule has 0 spiro atoms. The van der Waals surface area contributed by atoms with E-state index in [2.05, 4.69) is 43.8 Å². The number of nitrogens with one attached hydrogen (secondary N) is 2. The lowest BCUT2D eigenvalue weighted by Gasteiger charge is -2.27. The molecule has 1 aromatic carbocycles. The zero-order chi connectivity index (χ0) is 11.8. The van der Waals surface area contributed by atoms with Gasteiger partial charge in [0.25, 0.3) is 0 Å². The van der Waals surface area contributed by atoms with E-state index in [4.69, 9.17) is 0 Å². The van der Waals surface area contributed by atoms with Crippen molar-refractivity contribution in [3.05, 3.63) is 40.6 Å². The largest absolute Gasteiger partial charge is 0.381 e. The Hall–Kier alpha value is -1.49. The van der Waals surface area contributed by atoms with E-state index in [9.17, 15) is 0 Å². The topological polar surface area (TPSA) is 41.9 Å². The molecular weight excluding hydrogens is 280 g/mol. The number of aromatic nitrogens is 2. The van der Waals surface area contributed by atoms with Gasteiger partial charge in [-0.1, -0.05) is 15.9 Å². The number of fused-ring (bicyclic) bond motifs is 1. The average Bonchev–Trinajstić information content (AvgIpc) is 2.75. The van der Waals surface area contributed by atoms with Crippen LogP contribution in [0.15, 0.2) is 35.1 Å². The summed E-state index contributed by atoms with van der Waals surface area (Å²) >= 11 is 3.47. The molecule has 2 N–H and O–H groups in total. The summed E-state index contributed by atoms with van der Waals surface area (Å²) in [5.41, 5.74) is 3.47. The minimum absolute atomic E-state index is 0.275. The van der Waals surface area contributed by atoms with Crippen LogP contribution in [0.1, 0.15) is 11.6 Å². The first-order valence-electron chi connectivity index (χ1n) is 5.51. The van der Waals surface area contributed by atoms with Gasteiger partial charge < -0.3 is 10.6 Å². The maximum absolute atomic E-state index is 4.20. The number of halogens is 1. The molecule has 0 amide bonds. The molecule has 0 saturated heterocycles. The summed E-state index contributed by atoms with van der Waals surface area (Å²) < 4.78 is 2.92. The Morgan fingerprint density at radius 1 is 1.41 bits per heavy atom. The third-order valence-corrected chi connectivity index (χ3v) is 3.43. The number of benzene rings is 1. The first-order chi connectivity index (χ1) is 8.22. The monoisotopic (exact) mass is 292 g/mol. The van der Waals surface area contributed by atoms with E-state index in [1.54, 1.807) is 0 Å². The van der Waals surface area contributed by atoms with Crippen molar-refractivity contribution in [1.29, 1.82) is 0 Å². The summed E-state index contributed by atoms with van der Waals surface area (Å²) in [6.07, 6.45) is 3.95. The molecule has 2 aromatic rings. The Morgan fingerprint density at radius 2 is 2.29 bits per heavy atom. The minimum Gasteiger partial charge on any atom is -0.381 e. The summed E-state index contributed by atoms with van der Waals surface area (Å²) in [4.78, 5) is 0. The van der Waals surface area contributed by atoms with E-state index in [0.29, 0.717) is 0 Å². The van der Waals surface area contributed by atoms with Gasteiger partial charge in [0.1, 0.15) is 0 Å². The number of rotatable bonds is 1.